The molecule has 1 atom stereocenters. The van der Waals surface area contributed by atoms with E-state index in [0.29, 0.717) is 29.4 Å². The molecule has 1 aromatic heterocycles. The molecule has 1 fully saturated rings. The van der Waals surface area contributed by atoms with E-state index in [1.807, 2.05) is 32.0 Å². The van der Waals surface area contributed by atoms with Crippen LogP contribution in [0.25, 0.3) is 11.4 Å². The van der Waals surface area contributed by atoms with Gasteiger partial charge in [-0.3, -0.25) is 9.59 Å². The highest BCUT2D eigenvalue weighted by atomic mass is 19.1. The number of hydrogen-bond donors (Lipinski definition) is 1. The number of carbonyl (C=O) groups excluding carboxylic acids is 2. The standard InChI is InChI=1S/C32H29F2N5O4.C2H6/c1-38-14-13-22(31(38)40)18-7-10-20(11-8-18)35-30-28-25(36-29(37-30)27-23(33)5-4-6-24(27)34)17-39(32(28)41)16-19-9-12-21(42-2)15-26(19)43-3;1-2/h4-12,15,22H,13-14,16-17H2,1-3H3,(H,35,36,37);1-2H3. The number of carbonyl (C=O) groups is 2. The third-order valence-corrected chi connectivity index (χ3v) is 7.87. The average molecular weight is 616 g/mol. The first-order valence-electron chi connectivity index (χ1n) is 14.7. The lowest BCUT2D eigenvalue weighted by atomic mass is 9.97. The maximum Gasteiger partial charge on any atom is 0.260 e. The van der Waals surface area contributed by atoms with Crippen LogP contribution < -0.4 is 14.8 Å². The van der Waals surface area contributed by atoms with Gasteiger partial charge in [-0.05, 0) is 48.4 Å². The minimum atomic E-state index is -0.814. The molecule has 2 aliphatic heterocycles. The topological polar surface area (TPSA) is 96.9 Å². The molecule has 1 unspecified atom stereocenters. The summed E-state index contributed by atoms with van der Waals surface area (Å²) < 4.78 is 40.4. The Morgan fingerprint density at radius 2 is 1.64 bits per heavy atom. The van der Waals surface area contributed by atoms with Gasteiger partial charge in [-0.25, -0.2) is 18.7 Å². The quantitative estimate of drug-likeness (QED) is 0.248. The fourth-order valence-electron chi connectivity index (χ4n) is 5.55. The highest BCUT2D eigenvalue weighted by molar-refractivity contribution is 6.03. The smallest absolute Gasteiger partial charge is 0.260 e. The van der Waals surface area contributed by atoms with Crippen LogP contribution in [0.4, 0.5) is 20.3 Å². The van der Waals surface area contributed by atoms with Gasteiger partial charge in [0.25, 0.3) is 5.91 Å². The van der Waals surface area contributed by atoms with Crippen LogP contribution >= 0.6 is 0 Å². The molecular formula is C34H35F2N5O4. The maximum atomic E-state index is 14.8. The average Bonchev–Trinajstić information content (AvgIpc) is 3.55. The van der Waals surface area contributed by atoms with E-state index in [1.165, 1.54) is 13.2 Å². The van der Waals surface area contributed by atoms with Crippen LogP contribution in [0.1, 0.15) is 53.4 Å². The van der Waals surface area contributed by atoms with Gasteiger partial charge in [-0.1, -0.05) is 32.0 Å². The Balaban J connectivity index is 0.00000196. The molecule has 45 heavy (non-hydrogen) atoms. The summed E-state index contributed by atoms with van der Waals surface area (Å²) in [7, 11) is 4.88. The van der Waals surface area contributed by atoms with Crippen LogP contribution in [0.15, 0.2) is 60.7 Å². The second kappa shape index (κ2) is 13.3. The lowest BCUT2D eigenvalue weighted by Gasteiger charge is -2.18. The molecule has 1 N–H and O–H groups in total. The van der Waals surface area contributed by atoms with Crippen LogP contribution in [-0.4, -0.2) is 59.4 Å². The van der Waals surface area contributed by atoms with Gasteiger partial charge < -0.3 is 24.6 Å². The van der Waals surface area contributed by atoms with Gasteiger partial charge in [0.05, 0.1) is 44.5 Å². The molecule has 2 amide bonds. The zero-order valence-corrected chi connectivity index (χ0v) is 25.9. The van der Waals surface area contributed by atoms with E-state index in [-0.39, 0.29) is 53.6 Å². The Kier molecular flexibility index (Phi) is 9.26. The van der Waals surface area contributed by atoms with Gasteiger partial charge in [0.1, 0.15) is 34.5 Å². The van der Waals surface area contributed by atoms with Crippen molar-refractivity contribution in [2.45, 2.75) is 39.3 Å². The number of fused-ring (bicyclic) bond motifs is 1. The number of amides is 2. The van der Waals surface area contributed by atoms with E-state index in [4.69, 9.17) is 9.47 Å². The molecule has 11 heteroatoms. The number of likely N-dealkylation sites (tertiary alicyclic amines) is 1. The molecule has 234 valence electrons. The molecule has 2 aliphatic rings. The highest BCUT2D eigenvalue weighted by Gasteiger charge is 2.35. The molecule has 0 radical (unpaired) electrons. The molecule has 4 aromatic rings. The van der Waals surface area contributed by atoms with Crippen molar-refractivity contribution in [2.24, 2.45) is 0 Å². The fourth-order valence-corrected chi connectivity index (χ4v) is 5.55. The fraction of sp³-hybridized carbons (Fsp3) is 0.294. The van der Waals surface area contributed by atoms with E-state index in [1.54, 1.807) is 48.2 Å². The molecule has 3 aromatic carbocycles. The Hall–Kier alpha value is -5.06. The van der Waals surface area contributed by atoms with Gasteiger partial charge in [0.15, 0.2) is 5.82 Å². The number of benzene rings is 3. The van der Waals surface area contributed by atoms with Crippen LogP contribution in [0.5, 0.6) is 11.5 Å². The molecule has 0 bridgehead atoms. The molecule has 0 spiro atoms. The number of likely N-dealkylation sites (N-methyl/N-ethyl adjacent to an activating group) is 1. The zero-order valence-electron chi connectivity index (χ0n) is 25.9. The first-order valence-corrected chi connectivity index (χ1v) is 14.7. The van der Waals surface area contributed by atoms with Gasteiger partial charge in [-0.2, -0.15) is 0 Å². The monoisotopic (exact) mass is 615 g/mol. The van der Waals surface area contributed by atoms with Crippen molar-refractivity contribution >= 4 is 23.3 Å². The van der Waals surface area contributed by atoms with E-state index >= 15 is 0 Å². The van der Waals surface area contributed by atoms with Crippen molar-refractivity contribution in [2.75, 3.05) is 33.1 Å². The van der Waals surface area contributed by atoms with Crippen molar-refractivity contribution in [3.05, 3.63) is 94.7 Å². The van der Waals surface area contributed by atoms with Gasteiger partial charge >= 0.3 is 0 Å². The molecule has 3 heterocycles. The minimum absolute atomic E-state index is 0.0741. The summed E-state index contributed by atoms with van der Waals surface area (Å²) in [6.45, 7) is 5.00. The molecule has 0 saturated carbocycles. The number of hydrogen-bond acceptors (Lipinski definition) is 7. The minimum Gasteiger partial charge on any atom is -0.497 e. The Morgan fingerprint density at radius 1 is 0.933 bits per heavy atom. The Labute approximate surface area is 260 Å². The third-order valence-electron chi connectivity index (χ3n) is 7.87. The summed E-state index contributed by atoms with van der Waals surface area (Å²) in [6, 6.07) is 16.1. The predicted octanol–water partition coefficient (Wildman–Crippen LogP) is 6.31. The van der Waals surface area contributed by atoms with Gasteiger partial charge in [0, 0.05) is 30.9 Å². The highest BCUT2D eigenvalue weighted by Crippen LogP contribution is 2.36. The van der Waals surface area contributed by atoms with Crippen LogP contribution in [0, 0.1) is 11.6 Å². The third kappa shape index (κ3) is 6.15. The van der Waals surface area contributed by atoms with E-state index in [9.17, 15) is 18.4 Å². The number of aromatic nitrogens is 2. The lowest BCUT2D eigenvalue weighted by Crippen LogP contribution is -2.24. The number of rotatable bonds is 8. The number of methoxy groups -OCH3 is 2. The van der Waals surface area contributed by atoms with Crippen LogP contribution in [-0.2, 0) is 17.9 Å². The lowest BCUT2D eigenvalue weighted by molar-refractivity contribution is -0.127. The van der Waals surface area contributed by atoms with E-state index < -0.39 is 11.6 Å². The number of nitrogens with zero attached hydrogens (tertiary/aromatic N) is 4. The molecule has 1 saturated heterocycles. The van der Waals surface area contributed by atoms with Crippen LogP contribution in [0.3, 0.4) is 0 Å². The molecular weight excluding hydrogens is 580 g/mol. The van der Waals surface area contributed by atoms with E-state index in [2.05, 4.69) is 15.3 Å². The number of nitrogens with one attached hydrogen (secondary N) is 1. The van der Waals surface area contributed by atoms with Gasteiger partial charge in [0.2, 0.25) is 5.91 Å². The van der Waals surface area contributed by atoms with E-state index in [0.717, 1.165) is 29.7 Å². The Bertz CT molecular complexity index is 1710. The summed E-state index contributed by atoms with van der Waals surface area (Å²) in [6.07, 6.45) is 0.739. The Morgan fingerprint density at radius 3 is 2.27 bits per heavy atom. The number of halogens is 2. The summed E-state index contributed by atoms with van der Waals surface area (Å²) in [5.74, 6) is -0.989. The largest absolute Gasteiger partial charge is 0.497 e. The summed E-state index contributed by atoms with van der Waals surface area (Å²) in [5, 5.41) is 3.16. The van der Waals surface area contributed by atoms with Crippen molar-refractivity contribution in [3.8, 4) is 22.9 Å². The SMILES string of the molecule is CC.COc1ccc(CN2Cc3nc(-c4c(F)cccc4F)nc(Nc4ccc(C5CCN(C)C5=O)cc4)c3C2=O)c(OC)c1. The molecule has 0 aliphatic carbocycles. The second-order valence-corrected chi connectivity index (χ2v) is 10.5. The molecule has 6 rings (SSSR count). The zero-order chi connectivity index (χ0) is 32.2. The summed E-state index contributed by atoms with van der Waals surface area (Å²) in [5.41, 5.74) is 2.39. The van der Waals surface area contributed by atoms with Crippen molar-refractivity contribution in [1.29, 1.82) is 0 Å². The predicted molar refractivity (Wildman–Crippen MR) is 167 cm³/mol. The van der Waals surface area contributed by atoms with Gasteiger partial charge in [-0.15, -0.1) is 0 Å². The normalized spacial score (nSPS) is 15.5. The van der Waals surface area contributed by atoms with Crippen molar-refractivity contribution in [1.82, 2.24) is 19.8 Å². The summed E-state index contributed by atoms with van der Waals surface area (Å²) >= 11 is 0. The molecule has 9 nitrogen and oxygen atoms in total. The second-order valence-electron chi connectivity index (χ2n) is 10.5. The summed E-state index contributed by atoms with van der Waals surface area (Å²) in [4.78, 5) is 38.4. The maximum absolute atomic E-state index is 14.8. The van der Waals surface area contributed by atoms with Crippen molar-refractivity contribution in [3.63, 3.8) is 0 Å². The number of ether oxygens (including phenoxy) is 2. The first kappa shape index (κ1) is 31.4. The van der Waals surface area contributed by atoms with Crippen LogP contribution in [0.2, 0.25) is 0 Å². The number of anilines is 2. The van der Waals surface area contributed by atoms with Crippen molar-refractivity contribution < 1.29 is 27.8 Å². The first-order chi connectivity index (χ1) is 21.8.